The zero-order valence-corrected chi connectivity index (χ0v) is 10.4. The van der Waals surface area contributed by atoms with E-state index in [9.17, 15) is 0 Å². The molecule has 88 valence electrons. The van der Waals surface area contributed by atoms with E-state index in [0.717, 1.165) is 11.8 Å². The maximum absolute atomic E-state index is 2.70. The summed E-state index contributed by atoms with van der Waals surface area (Å²) in [6.07, 6.45) is 7.33. The van der Waals surface area contributed by atoms with Crippen molar-refractivity contribution < 1.29 is 0 Å². The smallest absolute Gasteiger partial charge is 0.000966 e. The Morgan fingerprint density at radius 2 is 1.67 bits per heavy atom. The van der Waals surface area contributed by atoms with Crippen LogP contribution in [0.25, 0.3) is 0 Å². The molecule has 0 N–H and O–H groups in total. The van der Waals surface area contributed by atoms with Crippen LogP contribution in [0.1, 0.15) is 32.1 Å². The van der Waals surface area contributed by atoms with Gasteiger partial charge in [-0.3, -0.25) is 0 Å². The third kappa shape index (κ3) is 3.46. The first-order valence-corrected chi connectivity index (χ1v) is 6.61. The molecule has 15 heavy (non-hydrogen) atoms. The lowest BCUT2D eigenvalue weighted by atomic mass is 9.84. The number of likely N-dealkylation sites (tertiary alicyclic amines) is 1. The van der Waals surface area contributed by atoms with Crippen LogP contribution in [0.3, 0.4) is 0 Å². The molecular weight excluding hydrogens is 184 g/mol. The molecule has 1 saturated carbocycles. The van der Waals surface area contributed by atoms with Gasteiger partial charge in [-0.2, -0.15) is 0 Å². The Morgan fingerprint density at radius 1 is 1.00 bits per heavy atom. The average Bonchev–Trinajstić information content (AvgIpc) is 2.13. The molecule has 2 rings (SSSR count). The minimum atomic E-state index is 0.956. The monoisotopic (exact) mass is 210 g/mol. The predicted molar refractivity (Wildman–Crippen MR) is 65.1 cm³/mol. The number of hydrogen-bond acceptors (Lipinski definition) is 2. The van der Waals surface area contributed by atoms with Crippen molar-refractivity contribution >= 4 is 0 Å². The third-order valence-electron chi connectivity index (χ3n) is 4.07. The van der Waals surface area contributed by atoms with Gasteiger partial charge < -0.3 is 9.80 Å². The van der Waals surface area contributed by atoms with Crippen molar-refractivity contribution in [2.45, 2.75) is 32.1 Å². The summed E-state index contributed by atoms with van der Waals surface area (Å²) in [7, 11) is 4.39. The molecule has 2 aliphatic rings. The average molecular weight is 210 g/mol. The van der Waals surface area contributed by atoms with Gasteiger partial charge in [0.2, 0.25) is 0 Å². The van der Waals surface area contributed by atoms with Crippen LogP contribution in [-0.2, 0) is 0 Å². The van der Waals surface area contributed by atoms with E-state index in [1.54, 1.807) is 0 Å². The van der Waals surface area contributed by atoms with Gasteiger partial charge in [0, 0.05) is 13.1 Å². The van der Waals surface area contributed by atoms with Crippen molar-refractivity contribution in [2.75, 3.05) is 40.3 Å². The predicted octanol–water partition coefficient (Wildman–Crippen LogP) is 2.06. The molecule has 0 amide bonds. The van der Waals surface area contributed by atoms with Gasteiger partial charge in [-0.05, 0) is 64.7 Å². The summed E-state index contributed by atoms with van der Waals surface area (Å²) in [4.78, 5) is 5.04. The molecule has 0 bridgehead atoms. The SMILES string of the molecule is CN(C)CC1CCN(CC2CCC2)CC1. The van der Waals surface area contributed by atoms with E-state index in [0.29, 0.717) is 0 Å². The lowest BCUT2D eigenvalue weighted by Gasteiger charge is -2.37. The van der Waals surface area contributed by atoms with E-state index >= 15 is 0 Å². The van der Waals surface area contributed by atoms with Crippen molar-refractivity contribution in [3.8, 4) is 0 Å². The largest absolute Gasteiger partial charge is 0.309 e. The van der Waals surface area contributed by atoms with Gasteiger partial charge in [-0.1, -0.05) is 6.42 Å². The van der Waals surface area contributed by atoms with Crippen LogP contribution in [0, 0.1) is 11.8 Å². The van der Waals surface area contributed by atoms with Crippen LogP contribution in [0.15, 0.2) is 0 Å². The second-order valence-corrected chi connectivity index (χ2v) is 5.80. The molecule has 0 aromatic rings. The van der Waals surface area contributed by atoms with Crippen molar-refractivity contribution in [1.29, 1.82) is 0 Å². The highest BCUT2D eigenvalue weighted by Gasteiger charge is 2.24. The molecule has 1 heterocycles. The van der Waals surface area contributed by atoms with Crippen molar-refractivity contribution in [1.82, 2.24) is 9.80 Å². The first-order chi connectivity index (χ1) is 7.24. The summed E-state index contributed by atoms with van der Waals surface area (Å²) in [5.41, 5.74) is 0. The summed E-state index contributed by atoms with van der Waals surface area (Å²) in [5, 5.41) is 0. The number of piperidine rings is 1. The van der Waals surface area contributed by atoms with Crippen LogP contribution in [-0.4, -0.2) is 50.1 Å². The van der Waals surface area contributed by atoms with Gasteiger partial charge in [-0.25, -0.2) is 0 Å². The maximum Gasteiger partial charge on any atom is 0.000966 e. The topological polar surface area (TPSA) is 6.48 Å². The number of rotatable bonds is 4. The lowest BCUT2D eigenvalue weighted by molar-refractivity contribution is 0.121. The molecule has 1 aliphatic carbocycles. The Balaban J connectivity index is 1.62. The van der Waals surface area contributed by atoms with Gasteiger partial charge in [0.15, 0.2) is 0 Å². The van der Waals surface area contributed by atoms with E-state index in [-0.39, 0.29) is 0 Å². The maximum atomic E-state index is 2.70. The third-order valence-corrected chi connectivity index (χ3v) is 4.07. The molecule has 0 unspecified atom stereocenters. The van der Waals surface area contributed by atoms with Crippen LogP contribution in [0.4, 0.5) is 0 Å². The van der Waals surface area contributed by atoms with Crippen LogP contribution < -0.4 is 0 Å². The van der Waals surface area contributed by atoms with E-state index in [1.165, 1.54) is 58.3 Å². The Hall–Kier alpha value is -0.0800. The molecular formula is C13H26N2. The van der Waals surface area contributed by atoms with Crippen LogP contribution in [0.2, 0.25) is 0 Å². The fourth-order valence-electron chi connectivity index (χ4n) is 2.91. The van der Waals surface area contributed by atoms with Gasteiger partial charge in [0.25, 0.3) is 0 Å². The first-order valence-electron chi connectivity index (χ1n) is 6.61. The van der Waals surface area contributed by atoms with Gasteiger partial charge in [-0.15, -0.1) is 0 Å². The zero-order chi connectivity index (χ0) is 10.7. The normalized spacial score (nSPS) is 25.8. The lowest BCUT2D eigenvalue weighted by Crippen LogP contribution is -2.40. The van der Waals surface area contributed by atoms with Gasteiger partial charge in [0.1, 0.15) is 0 Å². The Morgan fingerprint density at radius 3 is 2.13 bits per heavy atom. The second-order valence-electron chi connectivity index (χ2n) is 5.80. The highest BCUT2D eigenvalue weighted by molar-refractivity contribution is 4.78. The summed E-state index contributed by atoms with van der Waals surface area (Å²) < 4.78 is 0. The second kappa shape index (κ2) is 5.31. The molecule has 2 nitrogen and oxygen atoms in total. The van der Waals surface area contributed by atoms with Crippen LogP contribution in [0.5, 0.6) is 0 Å². The minimum Gasteiger partial charge on any atom is -0.309 e. The molecule has 1 aliphatic heterocycles. The summed E-state index contributed by atoms with van der Waals surface area (Å²) in [6, 6.07) is 0. The molecule has 0 atom stereocenters. The summed E-state index contributed by atoms with van der Waals surface area (Å²) in [6.45, 7) is 5.40. The van der Waals surface area contributed by atoms with Crippen molar-refractivity contribution in [3.63, 3.8) is 0 Å². The quantitative estimate of drug-likeness (QED) is 0.701. The highest BCUT2D eigenvalue weighted by atomic mass is 15.1. The van der Waals surface area contributed by atoms with Gasteiger partial charge in [0.05, 0.1) is 0 Å². The minimum absolute atomic E-state index is 0.956. The van der Waals surface area contributed by atoms with Crippen LogP contribution >= 0.6 is 0 Å². The van der Waals surface area contributed by atoms with Crippen molar-refractivity contribution in [3.05, 3.63) is 0 Å². The first kappa shape index (κ1) is 11.4. The van der Waals surface area contributed by atoms with Crippen molar-refractivity contribution in [2.24, 2.45) is 11.8 Å². The fraction of sp³-hybridized carbons (Fsp3) is 1.00. The zero-order valence-electron chi connectivity index (χ0n) is 10.4. The molecule has 0 aromatic heterocycles. The highest BCUT2D eigenvalue weighted by Crippen LogP contribution is 2.28. The number of nitrogens with zero attached hydrogens (tertiary/aromatic N) is 2. The fourth-order valence-corrected chi connectivity index (χ4v) is 2.91. The molecule has 1 saturated heterocycles. The number of hydrogen-bond donors (Lipinski definition) is 0. The summed E-state index contributed by atoms with van der Waals surface area (Å²) in [5.74, 6) is 2.01. The van der Waals surface area contributed by atoms with Gasteiger partial charge >= 0.3 is 0 Å². The molecule has 0 radical (unpaired) electrons. The van der Waals surface area contributed by atoms with E-state index in [4.69, 9.17) is 0 Å². The Kier molecular flexibility index (Phi) is 4.04. The molecule has 0 aromatic carbocycles. The van der Waals surface area contributed by atoms with E-state index in [2.05, 4.69) is 23.9 Å². The van der Waals surface area contributed by atoms with E-state index in [1.807, 2.05) is 0 Å². The summed E-state index contributed by atoms with van der Waals surface area (Å²) >= 11 is 0. The Bertz CT molecular complexity index is 179. The molecule has 2 fully saturated rings. The molecule has 0 spiro atoms. The molecule has 2 heteroatoms. The standard InChI is InChI=1S/C13H26N2/c1-14(2)10-13-6-8-15(9-7-13)11-12-4-3-5-12/h12-13H,3-11H2,1-2H3. The van der Waals surface area contributed by atoms with E-state index < -0.39 is 0 Å². The Labute approximate surface area is 94.6 Å².